The molecule has 5 atom stereocenters. The third-order valence-corrected chi connectivity index (χ3v) is 7.58. The first-order valence-corrected chi connectivity index (χ1v) is 13.9. The standard InChI is InChI=1S/C31H44N4O4/c1-20(2)27(34-29(36)21(3)32-5)31(38)35(6)28(22(4)39-19-23-13-8-7-9-14-23)30(37)33-26-18-12-16-24-15-10-11-17-25(24)26/h7-11,13-15,17,20-22,26-28,32H,12,16,18-19H2,1-6H3,(H,33,37)(H,34,36). The van der Waals surface area contributed by atoms with Gasteiger partial charge < -0.3 is 25.6 Å². The molecule has 0 saturated carbocycles. The molecule has 0 radical (unpaired) electrons. The van der Waals surface area contributed by atoms with Crippen LogP contribution in [0.5, 0.6) is 0 Å². The second kappa shape index (κ2) is 14.2. The number of hydrogen-bond acceptors (Lipinski definition) is 5. The molecule has 3 N–H and O–H groups in total. The number of hydrogen-bond donors (Lipinski definition) is 3. The SMILES string of the molecule is CNC(C)C(=O)NC(C(=O)N(C)C(C(=O)NC1CCCc2ccccc21)C(C)OCc1ccccc1)C(C)C. The lowest BCUT2D eigenvalue weighted by molar-refractivity contribution is -0.148. The van der Waals surface area contributed by atoms with Crippen LogP contribution in [0, 0.1) is 5.92 Å². The normalized spacial score (nSPS) is 17.9. The summed E-state index contributed by atoms with van der Waals surface area (Å²) in [6.45, 7) is 7.62. The third kappa shape index (κ3) is 7.90. The fourth-order valence-electron chi connectivity index (χ4n) is 5.04. The summed E-state index contributed by atoms with van der Waals surface area (Å²) in [7, 11) is 3.31. The molecule has 3 rings (SSSR count). The van der Waals surface area contributed by atoms with Crippen LogP contribution in [-0.2, 0) is 32.1 Å². The summed E-state index contributed by atoms with van der Waals surface area (Å²) < 4.78 is 6.17. The molecule has 0 saturated heterocycles. The summed E-state index contributed by atoms with van der Waals surface area (Å²) in [5.41, 5.74) is 3.34. The molecule has 2 aromatic carbocycles. The summed E-state index contributed by atoms with van der Waals surface area (Å²) in [6.07, 6.45) is 2.20. The number of nitrogens with zero attached hydrogens (tertiary/aromatic N) is 1. The van der Waals surface area contributed by atoms with Crippen molar-refractivity contribution in [3.8, 4) is 0 Å². The molecule has 0 aromatic heterocycles. The van der Waals surface area contributed by atoms with Gasteiger partial charge >= 0.3 is 0 Å². The van der Waals surface area contributed by atoms with Crippen molar-refractivity contribution in [2.45, 2.75) is 83.8 Å². The van der Waals surface area contributed by atoms with Crippen molar-refractivity contribution >= 4 is 17.7 Å². The smallest absolute Gasteiger partial charge is 0.245 e. The Kier molecular flexibility index (Phi) is 11.1. The van der Waals surface area contributed by atoms with Gasteiger partial charge in [0.15, 0.2) is 0 Å². The fraction of sp³-hybridized carbons (Fsp3) is 0.516. The molecule has 5 unspecified atom stereocenters. The first-order valence-electron chi connectivity index (χ1n) is 13.9. The Balaban J connectivity index is 1.84. The summed E-state index contributed by atoms with van der Waals surface area (Å²) in [5, 5.41) is 8.98. The van der Waals surface area contributed by atoms with Gasteiger partial charge in [0.25, 0.3) is 0 Å². The van der Waals surface area contributed by atoms with Crippen molar-refractivity contribution in [2.24, 2.45) is 5.92 Å². The van der Waals surface area contributed by atoms with Gasteiger partial charge in [0.1, 0.15) is 12.1 Å². The molecular formula is C31H44N4O4. The Hall–Kier alpha value is -3.23. The van der Waals surface area contributed by atoms with Gasteiger partial charge in [-0.1, -0.05) is 68.4 Å². The molecule has 212 valence electrons. The second-order valence-corrected chi connectivity index (χ2v) is 10.8. The zero-order chi connectivity index (χ0) is 28.5. The lowest BCUT2D eigenvalue weighted by Gasteiger charge is -2.37. The molecule has 0 fully saturated rings. The van der Waals surface area contributed by atoms with Crippen LogP contribution in [-0.4, -0.2) is 60.9 Å². The molecule has 1 aliphatic carbocycles. The van der Waals surface area contributed by atoms with Gasteiger partial charge in [-0.05, 0) is 62.8 Å². The van der Waals surface area contributed by atoms with Crippen LogP contribution < -0.4 is 16.0 Å². The largest absolute Gasteiger partial charge is 0.371 e. The first kappa shape index (κ1) is 30.3. The monoisotopic (exact) mass is 536 g/mol. The van der Waals surface area contributed by atoms with E-state index in [9.17, 15) is 14.4 Å². The van der Waals surface area contributed by atoms with Gasteiger partial charge in [-0.25, -0.2) is 0 Å². The predicted molar refractivity (Wildman–Crippen MR) is 153 cm³/mol. The van der Waals surface area contributed by atoms with E-state index in [-0.39, 0.29) is 29.7 Å². The van der Waals surface area contributed by atoms with Gasteiger partial charge in [0.05, 0.1) is 24.8 Å². The van der Waals surface area contributed by atoms with E-state index in [2.05, 4.69) is 28.1 Å². The van der Waals surface area contributed by atoms with Crippen LogP contribution in [0.25, 0.3) is 0 Å². The molecule has 39 heavy (non-hydrogen) atoms. The second-order valence-electron chi connectivity index (χ2n) is 10.8. The zero-order valence-electron chi connectivity index (χ0n) is 24.1. The van der Waals surface area contributed by atoms with Crippen LogP contribution in [0.1, 0.15) is 63.3 Å². The van der Waals surface area contributed by atoms with Crippen molar-refractivity contribution in [2.75, 3.05) is 14.1 Å². The summed E-state index contributed by atoms with van der Waals surface area (Å²) in [6, 6.07) is 15.6. The maximum Gasteiger partial charge on any atom is 0.245 e. The van der Waals surface area contributed by atoms with Crippen LogP contribution in [0.4, 0.5) is 0 Å². The van der Waals surface area contributed by atoms with E-state index >= 15 is 0 Å². The Labute approximate surface area is 232 Å². The number of amides is 3. The van der Waals surface area contributed by atoms with Gasteiger partial charge in [-0.15, -0.1) is 0 Å². The van der Waals surface area contributed by atoms with Gasteiger partial charge in [0, 0.05) is 7.05 Å². The van der Waals surface area contributed by atoms with Gasteiger partial charge in [-0.2, -0.15) is 0 Å². The highest BCUT2D eigenvalue weighted by Crippen LogP contribution is 2.30. The highest BCUT2D eigenvalue weighted by atomic mass is 16.5. The Morgan fingerprint density at radius 3 is 2.31 bits per heavy atom. The van der Waals surface area contributed by atoms with Crippen molar-refractivity contribution < 1.29 is 19.1 Å². The quantitative estimate of drug-likeness (QED) is 0.386. The molecule has 8 heteroatoms. The average Bonchev–Trinajstić information content (AvgIpc) is 2.94. The Bertz CT molecular complexity index is 1110. The fourth-order valence-corrected chi connectivity index (χ4v) is 5.04. The molecule has 0 spiro atoms. The predicted octanol–water partition coefficient (Wildman–Crippen LogP) is 3.36. The molecule has 1 aliphatic rings. The van der Waals surface area contributed by atoms with Crippen molar-refractivity contribution in [3.05, 3.63) is 71.3 Å². The topological polar surface area (TPSA) is 99.8 Å². The zero-order valence-corrected chi connectivity index (χ0v) is 24.1. The number of carbonyl (C=O) groups excluding carboxylic acids is 3. The minimum atomic E-state index is -0.893. The molecule has 0 bridgehead atoms. The van der Waals surface area contributed by atoms with Crippen LogP contribution in [0.15, 0.2) is 54.6 Å². The van der Waals surface area contributed by atoms with Crippen molar-refractivity contribution in [3.63, 3.8) is 0 Å². The minimum absolute atomic E-state index is 0.133. The summed E-state index contributed by atoms with van der Waals surface area (Å²) in [5.74, 6) is -1.06. The molecule has 2 aromatic rings. The van der Waals surface area contributed by atoms with Crippen LogP contribution in [0.3, 0.4) is 0 Å². The van der Waals surface area contributed by atoms with Crippen LogP contribution >= 0.6 is 0 Å². The van der Waals surface area contributed by atoms with E-state index in [1.54, 1.807) is 21.0 Å². The van der Waals surface area contributed by atoms with E-state index in [1.165, 1.54) is 10.5 Å². The summed E-state index contributed by atoms with van der Waals surface area (Å²) in [4.78, 5) is 41.8. The maximum atomic E-state index is 13.9. The maximum absolute atomic E-state index is 13.9. The number of likely N-dealkylation sites (N-methyl/N-ethyl adjacent to an activating group) is 2. The van der Waals surface area contributed by atoms with E-state index in [0.717, 1.165) is 30.4 Å². The minimum Gasteiger partial charge on any atom is -0.371 e. The molecule has 0 aliphatic heterocycles. The Morgan fingerprint density at radius 1 is 0.974 bits per heavy atom. The Morgan fingerprint density at radius 2 is 1.64 bits per heavy atom. The van der Waals surface area contributed by atoms with Gasteiger partial charge in [-0.3, -0.25) is 14.4 Å². The highest BCUT2D eigenvalue weighted by Gasteiger charge is 2.38. The number of ether oxygens (including phenoxy) is 1. The number of fused-ring (bicyclic) bond motifs is 1. The van der Waals surface area contributed by atoms with Gasteiger partial charge in [0.2, 0.25) is 17.7 Å². The highest BCUT2D eigenvalue weighted by molar-refractivity contribution is 5.93. The number of rotatable bonds is 12. The molecule has 8 nitrogen and oxygen atoms in total. The number of benzene rings is 2. The van der Waals surface area contributed by atoms with E-state index in [1.807, 2.05) is 63.2 Å². The van der Waals surface area contributed by atoms with Crippen molar-refractivity contribution in [1.82, 2.24) is 20.9 Å². The lowest BCUT2D eigenvalue weighted by atomic mass is 9.87. The van der Waals surface area contributed by atoms with E-state index < -0.39 is 24.2 Å². The molecule has 3 amide bonds. The first-order chi connectivity index (χ1) is 18.6. The molecular weight excluding hydrogens is 492 g/mol. The number of aryl methyl sites for hydroxylation is 1. The van der Waals surface area contributed by atoms with Crippen molar-refractivity contribution in [1.29, 1.82) is 0 Å². The average molecular weight is 537 g/mol. The number of nitrogens with one attached hydrogen (secondary N) is 3. The van der Waals surface area contributed by atoms with Crippen LogP contribution in [0.2, 0.25) is 0 Å². The third-order valence-electron chi connectivity index (χ3n) is 7.58. The van der Waals surface area contributed by atoms with E-state index in [0.29, 0.717) is 6.61 Å². The number of carbonyl (C=O) groups is 3. The summed E-state index contributed by atoms with van der Waals surface area (Å²) >= 11 is 0. The lowest BCUT2D eigenvalue weighted by Crippen LogP contribution is -2.60. The van der Waals surface area contributed by atoms with E-state index in [4.69, 9.17) is 4.74 Å². The molecule has 0 heterocycles.